The van der Waals surface area contributed by atoms with Crippen molar-refractivity contribution in [3.05, 3.63) is 83.2 Å². The second-order valence-electron chi connectivity index (χ2n) is 7.96. The normalized spacial score (nSPS) is 13.3. The van der Waals surface area contributed by atoms with E-state index in [4.69, 9.17) is 14.2 Å². The molecule has 0 aliphatic heterocycles. The van der Waals surface area contributed by atoms with E-state index in [2.05, 4.69) is 10.3 Å². The maximum Gasteiger partial charge on any atom is 0.328 e. The number of hydrogen-bond donors (Lipinski definition) is 2. The fourth-order valence-electron chi connectivity index (χ4n) is 3.76. The van der Waals surface area contributed by atoms with Crippen molar-refractivity contribution in [1.29, 1.82) is 0 Å². The molecule has 0 unspecified atom stereocenters. The van der Waals surface area contributed by atoms with Crippen LogP contribution in [-0.2, 0) is 9.53 Å². The molecule has 1 aromatic heterocycles. The van der Waals surface area contributed by atoms with Crippen LogP contribution in [0.3, 0.4) is 0 Å². The number of aromatic hydroxyl groups is 1. The van der Waals surface area contributed by atoms with Gasteiger partial charge in [-0.25, -0.2) is 18.6 Å². The first-order valence-corrected chi connectivity index (χ1v) is 11.0. The van der Waals surface area contributed by atoms with Gasteiger partial charge in [-0.2, -0.15) is 0 Å². The molecular formula is C26H26F2N2O6. The number of carbonyl (C=O) groups is 2. The van der Waals surface area contributed by atoms with Crippen LogP contribution in [0.1, 0.15) is 41.4 Å². The van der Waals surface area contributed by atoms with Crippen LogP contribution in [0.5, 0.6) is 17.2 Å². The minimum Gasteiger partial charge on any atom is -0.503 e. The molecule has 0 radical (unpaired) electrons. The van der Waals surface area contributed by atoms with E-state index >= 15 is 0 Å². The summed E-state index contributed by atoms with van der Waals surface area (Å²) < 4.78 is 43.3. The van der Waals surface area contributed by atoms with Crippen molar-refractivity contribution < 1.29 is 37.7 Å². The van der Waals surface area contributed by atoms with E-state index in [1.165, 1.54) is 75.9 Å². The molecule has 10 heteroatoms. The van der Waals surface area contributed by atoms with Gasteiger partial charge in [0.05, 0.1) is 14.2 Å². The third kappa shape index (κ3) is 5.88. The number of esters is 1. The lowest BCUT2D eigenvalue weighted by molar-refractivity contribution is -0.150. The molecule has 1 heterocycles. The van der Waals surface area contributed by atoms with E-state index in [9.17, 15) is 23.5 Å². The van der Waals surface area contributed by atoms with Crippen LogP contribution < -0.4 is 14.8 Å². The smallest absolute Gasteiger partial charge is 0.328 e. The van der Waals surface area contributed by atoms with Crippen molar-refractivity contribution >= 4 is 11.9 Å². The summed E-state index contributed by atoms with van der Waals surface area (Å²) in [6, 6.07) is 9.84. The number of benzene rings is 2. The van der Waals surface area contributed by atoms with Gasteiger partial charge in [0, 0.05) is 29.8 Å². The van der Waals surface area contributed by atoms with E-state index < -0.39 is 47.3 Å². The lowest BCUT2D eigenvalue weighted by Crippen LogP contribution is -2.41. The van der Waals surface area contributed by atoms with Crippen molar-refractivity contribution in [2.45, 2.75) is 31.9 Å². The van der Waals surface area contributed by atoms with E-state index in [-0.39, 0.29) is 17.2 Å². The lowest BCUT2D eigenvalue weighted by Gasteiger charge is -2.27. The Hall–Kier alpha value is -4.21. The van der Waals surface area contributed by atoms with E-state index in [0.717, 1.165) is 0 Å². The second kappa shape index (κ2) is 11.5. The van der Waals surface area contributed by atoms with Gasteiger partial charge in [0.1, 0.15) is 29.5 Å². The van der Waals surface area contributed by atoms with Gasteiger partial charge >= 0.3 is 5.97 Å². The maximum absolute atomic E-state index is 13.8. The Labute approximate surface area is 206 Å². The van der Waals surface area contributed by atoms with Crippen LogP contribution in [0, 0.1) is 11.6 Å². The maximum atomic E-state index is 13.8. The molecule has 8 nitrogen and oxygen atoms in total. The summed E-state index contributed by atoms with van der Waals surface area (Å²) in [5, 5.41) is 12.6. The van der Waals surface area contributed by atoms with Gasteiger partial charge < -0.3 is 24.6 Å². The van der Waals surface area contributed by atoms with E-state index in [1.54, 1.807) is 6.92 Å². The van der Waals surface area contributed by atoms with E-state index in [1.807, 2.05) is 0 Å². The molecule has 0 saturated carbocycles. The molecule has 2 aromatic carbocycles. The summed E-state index contributed by atoms with van der Waals surface area (Å²) in [4.78, 5) is 29.3. The summed E-state index contributed by atoms with van der Waals surface area (Å²) in [5.74, 6) is -3.36. The Morgan fingerprint density at radius 1 is 0.944 bits per heavy atom. The molecule has 36 heavy (non-hydrogen) atoms. The fraction of sp³-hybridized carbons (Fsp3) is 0.269. The zero-order chi connectivity index (χ0) is 26.4. The van der Waals surface area contributed by atoms with Gasteiger partial charge in [-0.05, 0) is 37.6 Å². The number of hydrogen-bond acceptors (Lipinski definition) is 7. The molecule has 0 aliphatic carbocycles. The Bertz CT molecular complexity index is 1240. The number of pyridine rings is 1. The highest BCUT2D eigenvalue weighted by Crippen LogP contribution is 2.36. The third-order valence-corrected chi connectivity index (χ3v) is 5.55. The Balaban J connectivity index is 1.82. The highest BCUT2D eigenvalue weighted by molar-refractivity contribution is 5.97. The number of carbonyl (C=O) groups excluding carboxylic acids is 2. The average molecular weight is 500 g/mol. The molecule has 0 saturated heterocycles. The Morgan fingerprint density at radius 3 is 2.22 bits per heavy atom. The van der Waals surface area contributed by atoms with Crippen LogP contribution in [0.4, 0.5) is 8.78 Å². The monoisotopic (exact) mass is 500 g/mol. The van der Waals surface area contributed by atoms with Gasteiger partial charge in [0.25, 0.3) is 5.91 Å². The number of ether oxygens (including phenoxy) is 3. The second-order valence-corrected chi connectivity index (χ2v) is 7.96. The summed E-state index contributed by atoms with van der Waals surface area (Å²) in [6.45, 7) is 3.04. The van der Waals surface area contributed by atoms with Gasteiger partial charge in [0.2, 0.25) is 0 Å². The molecule has 190 valence electrons. The molecule has 0 fully saturated rings. The lowest BCUT2D eigenvalue weighted by atomic mass is 9.86. The predicted molar refractivity (Wildman–Crippen MR) is 126 cm³/mol. The molecule has 3 rings (SSSR count). The van der Waals surface area contributed by atoms with Crippen molar-refractivity contribution in [3.8, 4) is 17.2 Å². The number of aromatic nitrogens is 1. The molecular weight excluding hydrogens is 474 g/mol. The Morgan fingerprint density at radius 2 is 1.58 bits per heavy atom. The van der Waals surface area contributed by atoms with Crippen molar-refractivity contribution in [2.24, 2.45) is 0 Å². The molecule has 3 aromatic rings. The number of halogens is 2. The van der Waals surface area contributed by atoms with Crippen LogP contribution in [-0.4, -0.2) is 48.3 Å². The summed E-state index contributed by atoms with van der Waals surface area (Å²) in [7, 11) is 2.71. The van der Waals surface area contributed by atoms with Gasteiger partial charge in [-0.15, -0.1) is 0 Å². The van der Waals surface area contributed by atoms with Crippen molar-refractivity contribution in [2.75, 3.05) is 14.2 Å². The first-order valence-electron chi connectivity index (χ1n) is 11.0. The topological polar surface area (TPSA) is 107 Å². The molecule has 2 N–H and O–H groups in total. The highest BCUT2D eigenvalue weighted by Gasteiger charge is 2.30. The molecule has 0 aliphatic rings. The van der Waals surface area contributed by atoms with Crippen LogP contribution >= 0.6 is 0 Å². The highest BCUT2D eigenvalue weighted by atomic mass is 19.1. The summed E-state index contributed by atoms with van der Waals surface area (Å²) in [5.41, 5.74) is 0.805. The van der Waals surface area contributed by atoms with Gasteiger partial charge in [0.15, 0.2) is 17.2 Å². The summed E-state index contributed by atoms with van der Waals surface area (Å²) >= 11 is 0. The standard InChI is InChI=1S/C26H26F2N2O6/c1-14(30-25(32)23-24(31)20(34-3)11-12-29-23)26(33)36-15(2)22(16-5-7-17(27)8-6-16)19-10-9-18(28)13-21(19)35-4/h5-15,22,31H,1-4H3,(H,30,32)/t14-,15-,22-/m0/s1. The van der Waals surface area contributed by atoms with Gasteiger partial charge in [-0.1, -0.05) is 18.2 Å². The largest absolute Gasteiger partial charge is 0.503 e. The van der Waals surface area contributed by atoms with Crippen LogP contribution in [0.25, 0.3) is 0 Å². The van der Waals surface area contributed by atoms with Gasteiger partial charge in [-0.3, -0.25) is 4.79 Å². The molecule has 0 bridgehead atoms. The molecule has 0 spiro atoms. The number of methoxy groups -OCH3 is 2. The quantitative estimate of drug-likeness (QED) is 0.428. The minimum atomic E-state index is -1.11. The summed E-state index contributed by atoms with van der Waals surface area (Å²) in [6.07, 6.45) is 0.451. The van der Waals surface area contributed by atoms with Crippen LogP contribution in [0.2, 0.25) is 0 Å². The zero-order valence-corrected chi connectivity index (χ0v) is 20.1. The predicted octanol–water partition coefficient (Wildman–Crippen LogP) is 3.96. The molecule has 1 amide bonds. The zero-order valence-electron chi connectivity index (χ0n) is 20.1. The van der Waals surface area contributed by atoms with Crippen LogP contribution in [0.15, 0.2) is 54.7 Å². The fourth-order valence-corrected chi connectivity index (χ4v) is 3.76. The third-order valence-electron chi connectivity index (χ3n) is 5.55. The molecule has 3 atom stereocenters. The van der Waals surface area contributed by atoms with Crippen molar-refractivity contribution in [1.82, 2.24) is 10.3 Å². The average Bonchev–Trinajstić information content (AvgIpc) is 2.86. The first kappa shape index (κ1) is 26.4. The Kier molecular flexibility index (Phi) is 8.42. The number of amides is 1. The number of nitrogens with zero attached hydrogens (tertiary/aromatic N) is 1. The van der Waals surface area contributed by atoms with Crippen molar-refractivity contribution in [3.63, 3.8) is 0 Å². The minimum absolute atomic E-state index is 0.0504. The first-order chi connectivity index (χ1) is 17.2. The SMILES string of the molecule is COc1cc(F)ccc1[C@H](c1ccc(F)cc1)[C@H](C)OC(=O)[C@H](C)NC(=O)c1nccc(OC)c1O. The van der Waals surface area contributed by atoms with E-state index in [0.29, 0.717) is 11.1 Å². The number of nitrogens with one attached hydrogen (secondary N) is 1. The number of rotatable bonds is 9.